The molecule has 4 nitrogen and oxygen atoms in total. The molecule has 0 amide bonds. The van der Waals surface area contributed by atoms with Gasteiger partial charge in [-0.2, -0.15) is 0 Å². The number of hydrogen-bond acceptors (Lipinski definition) is 4. The van der Waals surface area contributed by atoms with Gasteiger partial charge < -0.3 is 9.90 Å². The van der Waals surface area contributed by atoms with Gasteiger partial charge in [-0.1, -0.05) is 22.0 Å². The smallest absolute Gasteiger partial charge is 0.176 e. The molecule has 0 saturated carbocycles. The first-order valence-electron chi connectivity index (χ1n) is 3.53. The normalized spacial score (nSPS) is 11.3. The van der Waals surface area contributed by atoms with Gasteiger partial charge in [-0.05, 0) is 12.1 Å². The Kier molecular flexibility index (Phi) is 2.96. The van der Waals surface area contributed by atoms with Gasteiger partial charge in [0.05, 0.1) is 10.9 Å². The van der Waals surface area contributed by atoms with Crippen molar-refractivity contribution in [3.05, 3.63) is 28.2 Å². The van der Waals surface area contributed by atoms with E-state index in [1.807, 2.05) is 0 Å². The molecule has 0 aromatic heterocycles. The molecule has 14 heavy (non-hydrogen) atoms. The third-order valence-corrected chi connectivity index (χ3v) is 3.19. The number of halogens is 1. The van der Waals surface area contributed by atoms with E-state index >= 15 is 0 Å². The molecular formula is C8H6BrO4S-. The van der Waals surface area contributed by atoms with Crippen LogP contribution < -0.4 is 5.11 Å². The second-order valence-corrected chi connectivity index (χ2v) is 5.60. The van der Waals surface area contributed by atoms with Crippen molar-refractivity contribution in [2.24, 2.45) is 0 Å². The fourth-order valence-electron chi connectivity index (χ4n) is 0.972. The third kappa shape index (κ3) is 2.33. The van der Waals surface area contributed by atoms with E-state index in [9.17, 15) is 18.3 Å². The third-order valence-electron chi connectivity index (χ3n) is 1.56. The number of hydrogen-bond donors (Lipinski definition) is 0. The zero-order valence-electron chi connectivity index (χ0n) is 7.15. The Bertz CT molecular complexity index is 478. The summed E-state index contributed by atoms with van der Waals surface area (Å²) in [5, 5.41) is 10.6. The first kappa shape index (κ1) is 11.2. The van der Waals surface area contributed by atoms with Gasteiger partial charge in [-0.3, -0.25) is 0 Å². The minimum absolute atomic E-state index is 0.244. The lowest BCUT2D eigenvalue weighted by atomic mass is 10.2. The van der Waals surface area contributed by atoms with Crippen molar-refractivity contribution >= 4 is 31.7 Å². The highest BCUT2D eigenvalue weighted by Crippen LogP contribution is 2.20. The van der Waals surface area contributed by atoms with Gasteiger partial charge >= 0.3 is 0 Å². The minimum Gasteiger partial charge on any atom is -0.545 e. The van der Waals surface area contributed by atoms with Crippen molar-refractivity contribution in [3.8, 4) is 0 Å². The molecule has 6 heteroatoms. The van der Waals surface area contributed by atoms with Crippen LogP contribution in [0.4, 0.5) is 0 Å². The highest BCUT2D eigenvalue weighted by molar-refractivity contribution is 9.10. The maximum Gasteiger partial charge on any atom is 0.176 e. The summed E-state index contributed by atoms with van der Waals surface area (Å²) < 4.78 is 22.9. The second-order valence-electron chi connectivity index (χ2n) is 2.70. The lowest BCUT2D eigenvalue weighted by Gasteiger charge is -2.08. The van der Waals surface area contributed by atoms with Crippen molar-refractivity contribution < 1.29 is 18.3 Å². The molecule has 0 unspecified atom stereocenters. The zero-order valence-corrected chi connectivity index (χ0v) is 9.55. The topological polar surface area (TPSA) is 74.3 Å². The maximum atomic E-state index is 11.2. The number of carbonyl (C=O) groups excluding carboxylic acids is 1. The number of carboxylic acid groups (broad SMARTS) is 1. The van der Waals surface area contributed by atoms with Crippen molar-refractivity contribution in [2.45, 2.75) is 4.90 Å². The monoisotopic (exact) mass is 277 g/mol. The standard InChI is InChI=1S/C8H7BrO4S/c1-14(12,13)7-4-5(9)2-3-6(7)8(10)11/h2-4H,1H3,(H,10,11)/p-1. The lowest BCUT2D eigenvalue weighted by molar-refractivity contribution is -0.255. The lowest BCUT2D eigenvalue weighted by Crippen LogP contribution is -2.24. The Morgan fingerprint density at radius 1 is 1.43 bits per heavy atom. The van der Waals surface area contributed by atoms with Crippen molar-refractivity contribution in [2.75, 3.05) is 6.26 Å². The van der Waals surface area contributed by atoms with E-state index in [0.29, 0.717) is 4.47 Å². The summed E-state index contributed by atoms with van der Waals surface area (Å²) in [6.07, 6.45) is 0.946. The van der Waals surface area contributed by atoms with Crippen LogP contribution in [0.25, 0.3) is 0 Å². The van der Waals surface area contributed by atoms with E-state index < -0.39 is 15.8 Å². The van der Waals surface area contributed by atoms with E-state index in [1.54, 1.807) is 0 Å². The molecule has 0 saturated heterocycles. The molecule has 0 aliphatic carbocycles. The molecule has 0 spiro atoms. The number of carbonyl (C=O) groups is 1. The molecule has 0 heterocycles. The molecule has 0 aliphatic heterocycles. The number of carboxylic acids is 1. The van der Waals surface area contributed by atoms with Crippen molar-refractivity contribution in [1.82, 2.24) is 0 Å². The molecule has 76 valence electrons. The Hall–Kier alpha value is -0.880. The van der Waals surface area contributed by atoms with Gasteiger partial charge in [0.1, 0.15) is 0 Å². The molecular weight excluding hydrogens is 272 g/mol. The maximum absolute atomic E-state index is 11.2. The molecule has 0 fully saturated rings. The minimum atomic E-state index is -3.55. The van der Waals surface area contributed by atoms with E-state index in [2.05, 4.69) is 15.9 Å². The van der Waals surface area contributed by atoms with E-state index in [0.717, 1.165) is 6.26 Å². The Morgan fingerprint density at radius 3 is 2.43 bits per heavy atom. The Balaban J connectivity index is 3.54. The van der Waals surface area contributed by atoms with Gasteiger partial charge in [0.2, 0.25) is 0 Å². The fourth-order valence-corrected chi connectivity index (χ4v) is 2.38. The number of aromatic carboxylic acids is 1. The summed E-state index contributed by atoms with van der Waals surface area (Å²) in [6, 6.07) is 3.87. The first-order valence-corrected chi connectivity index (χ1v) is 6.22. The van der Waals surface area contributed by atoms with Crippen LogP contribution in [0.3, 0.4) is 0 Å². The zero-order chi connectivity index (χ0) is 10.9. The van der Waals surface area contributed by atoms with Crippen LogP contribution in [0.5, 0.6) is 0 Å². The molecule has 0 radical (unpaired) electrons. The molecule has 0 N–H and O–H groups in total. The first-order chi connectivity index (χ1) is 6.32. The molecule has 1 aromatic carbocycles. The average Bonchev–Trinajstić information content (AvgIpc) is 2.01. The Labute approximate surface area is 89.6 Å². The Morgan fingerprint density at radius 2 is 2.00 bits per heavy atom. The van der Waals surface area contributed by atoms with Crippen LogP contribution >= 0.6 is 15.9 Å². The quantitative estimate of drug-likeness (QED) is 0.775. The highest BCUT2D eigenvalue weighted by Gasteiger charge is 2.14. The summed E-state index contributed by atoms with van der Waals surface area (Å²) in [4.78, 5) is 10.3. The average molecular weight is 278 g/mol. The number of benzene rings is 1. The van der Waals surface area contributed by atoms with Crippen LogP contribution in [0, 0.1) is 0 Å². The predicted octanol–water partition coefficient (Wildman–Crippen LogP) is 0.216. The van der Waals surface area contributed by atoms with Crippen molar-refractivity contribution in [1.29, 1.82) is 0 Å². The molecule has 1 aromatic rings. The van der Waals surface area contributed by atoms with Crippen LogP contribution in [0.2, 0.25) is 0 Å². The molecule has 0 aliphatic rings. The van der Waals surface area contributed by atoms with Crippen LogP contribution in [0.1, 0.15) is 10.4 Å². The molecule has 0 bridgehead atoms. The van der Waals surface area contributed by atoms with E-state index in [4.69, 9.17) is 0 Å². The van der Waals surface area contributed by atoms with Crippen LogP contribution in [-0.4, -0.2) is 20.6 Å². The largest absolute Gasteiger partial charge is 0.545 e. The highest BCUT2D eigenvalue weighted by atomic mass is 79.9. The summed E-state index contributed by atoms with van der Waals surface area (Å²) in [5.41, 5.74) is -0.323. The predicted molar refractivity (Wildman–Crippen MR) is 51.6 cm³/mol. The number of rotatable bonds is 2. The number of sulfone groups is 1. The summed E-state index contributed by atoms with van der Waals surface area (Å²) in [7, 11) is -3.55. The van der Waals surface area contributed by atoms with Gasteiger partial charge in [0.15, 0.2) is 9.84 Å². The van der Waals surface area contributed by atoms with Gasteiger partial charge in [0, 0.05) is 16.3 Å². The summed E-state index contributed by atoms with van der Waals surface area (Å²) in [5.74, 6) is -1.50. The van der Waals surface area contributed by atoms with E-state index in [1.165, 1.54) is 18.2 Å². The second kappa shape index (κ2) is 3.70. The summed E-state index contributed by atoms with van der Waals surface area (Å²) in [6.45, 7) is 0. The van der Waals surface area contributed by atoms with Crippen LogP contribution in [-0.2, 0) is 9.84 Å². The van der Waals surface area contributed by atoms with Gasteiger partial charge in [-0.15, -0.1) is 0 Å². The van der Waals surface area contributed by atoms with Crippen LogP contribution in [0.15, 0.2) is 27.6 Å². The summed E-state index contributed by atoms with van der Waals surface area (Å²) >= 11 is 3.06. The van der Waals surface area contributed by atoms with Gasteiger partial charge in [0.25, 0.3) is 0 Å². The SMILES string of the molecule is CS(=O)(=O)c1cc(Br)ccc1C(=O)[O-]. The van der Waals surface area contributed by atoms with Crippen molar-refractivity contribution in [3.63, 3.8) is 0 Å². The van der Waals surface area contributed by atoms with Gasteiger partial charge in [-0.25, -0.2) is 8.42 Å². The molecule has 1 rings (SSSR count). The van der Waals surface area contributed by atoms with E-state index in [-0.39, 0.29) is 10.5 Å². The molecule has 0 atom stereocenters. The fraction of sp³-hybridized carbons (Fsp3) is 0.125.